The first-order valence-electron chi connectivity index (χ1n) is 32.4. The number of carbonyl (C=O) groups excluding carboxylic acids is 2. The number of amides is 2. The summed E-state index contributed by atoms with van der Waals surface area (Å²) < 4.78 is 111. The van der Waals surface area contributed by atoms with Gasteiger partial charge in [-0.15, -0.1) is 0 Å². The molecule has 11 heterocycles. The number of hydrogen-bond acceptors (Lipinski definition) is 16. The number of likely N-dealkylation sites (tertiary alicyclic amines) is 2. The number of likely N-dealkylation sites (N-methyl/N-ethyl adjacent to an activating group) is 2. The lowest BCUT2D eigenvalue weighted by Crippen LogP contribution is -2.44. The van der Waals surface area contributed by atoms with E-state index in [1.165, 1.54) is 42.7 Å². The van der Waals surface area contributed by atoms with Crippen LogP contribution in [0.15, 0.2) is 98.0 Å². The Bertz CT molecular complexity index is 4710. The largest absolute Gasteiger partial charge is 0.461 e. The average Bonchev–Trinajstić information content (AvgIpc) is 1.18. The second kappa shape index (κ2) is 24.8. The molecule has 4 aromatic carbocycles. The first-order valence-corrected chi connectivity index (χ1v) is 32.8. The van der Waals surface area contributed by atoms with Gasteiger partial charge in [0.2, 0.25) is 11.8 Å². The number of aryl methyl sites for hydroxylation is 1. The standard InChI is InChI=1S/C71H67ClF6N14O4/c1-5-56(93)89-26-18-43(35-89)87(3)66-51-32-80-62(47-12-6-10-45-49(47)28-40(73)29-53(45)75)60(77)64(51)83-68(85-66)95-37-70-20-9-25-92(70)55(16-22-70)50-30-54(76)59(72)58-46(50)11-7-13-48(58)63-61(78)65-52(33-81-63)67(86-69(84-65)96-38-71-21-8-24-91(71)34-41(74)31-71)88(4)44-19-27-90(36-44)57(94)15-14-42-17-23-79-39(2)82-42/h5-7,10-15,17,23,28-30,32-33,41,43-44,55H,1,8-9,16,18-22,24-27,31,34-38H2,2-4H3/b15-14+/t41-,43-,44-,55?,70?,71+/m1/s1. The maximum atomic E-state index is 18.1. The van der Waals surface area contributed by atoms with Crippen LogP contribution in [0.5, 0.6) is 12.0 Å². The molecule has 0 radical (unpaired) electrons. The molecule has 9 aromatic rings. The Hall–Kier alpha value is -9.13. The number of halogens is 7. The van der Waals surface area contributed by atoms with Crippen LogP contribution in [0.3, 0.4) is 0 Å². The number of fused-ring (bicyclic) bond motifs is 6. The van der Waals surface area contributed by atoms with Crippen molar-refractivity contribution in [2.45, 2.75) is 100 Å². The van der Waals surface area contributed by atoms with Crippen LogP contribution in [0, 0.1) is 36.0 Å². The second-order valence-electron chi connectivity index (χ2n) is 26.3. The lowest BCUT2D eigenvalue weighted by molar-refractivity contribution is -0.125. The normalized spacial score (nSPS) is 22.8. The Morgan fingerprint density at radius 3 is 1.98 bits per heavy atom. The third-order valence-corrected chi connectivity index (χ3v) is 21.2. The van der Waals surface area contributed by atoms with Gasteiger partial charge >= 0.3 is 12.0 Å². The van der Waals surface area contributed by atoms with Crippen molar-refractivity contribution in [1.29, 1.82) is 0 Å². The van der Waals surface area contributed by atoms with E-state index in [1.54, 1.807) is 60.3 Å². The maximum Gasteiger partial charge on any atom is 0.319 e. The number of rotatable bonds is 16. The number of pyridine rings is 2. The Morgan fingerprint density at radius 1 is 0.677 bits per heavy atom. The molecule has 5 aromatic heterocycles. The summed E-state index contributed by atoms with van der Waals surface area (Å²) in [6.07, 6.45) is 13.6. The van der Waals surface area contributed by atoms with E-state index in [4.69, 9.17) is 46.0 Å². The summed E-state index contributed by atoms with van der Waals surface area (Å²) in [7, 11) is 3.62. The molecule has 15 rings (SSSR count). The quantitative estimate of drug-likeness (QED) is 0.0659. The molecule has 6 fully saturated rings. The number of ether oxygens (including phenoxy) is 2. The number of alkyl halides is 1. The molecule has 25 heteroatoms. The Balaban J connectivity index is 0.753. The van der Waals surface area contributed by atoms with E-state index >= 15 is 22.0 Å². The van der Waals surface area contributed by atoms with Crippen LogP contribution < -0.4 is 19.3 Å². The molecule has 6 aliphatic rings. The first-order chi connectivity index (χ1) is 46.4. The summed E-state index contributed by atoms with van der Waals surface area (Å²) >= 11 is 7.06. The molecule has 0 bridgehead atoms. The highest BCUT2D eigenvalue weighted by molar-refractivity contribution is 6.37. The Morgan fingerprint density at radius 2 is 1.30 bits per heavy atom. The summed E-state index contributed by atoms with van der Waals surface area (Å²) in [5.74, 6) is -3.31. The van der Waals surface area contributed by atoms with Crippen LogP contribution in [0.4, 0.5) is 38.0 Å². The van der Waals surface area contributed by atoms with Gasteiger partial charge in [-0.05, 0) is 118 Å². The number of aromatic nitrogens is 8. The van der Waals surface area contributed by atoms with Gasteiger partial charge in [0.05, 0.1) is 32.6 Å². The molecular weight excluding hydrogens is 1260 g/mol. The molecule has 0 N–H and O–H groups in total. The molecular formula is C71H67ClF6N14O4. The molecule has 0 saturated carbocycles. The predicted octanol–water partition coefficient (Wildman–Crippen LogP) is 12.1. The summed E-state index contributed by atoms with van der Waals surface area (Å²) in [4.78, 5) is 74.9. The summed E-state index contributed by atoms with van der Waals surface area (Å²) in [5, 5.41) is 1.30. The lowest BCUT2D eigenvalue weighted by atomic mass is 9.92. The average molecular weight is 1330 g/mol. The highest BCUT2D eigenvalue weighted by atomic mass is 35.5. The van der Waals surface area contributed by atoms with E-state index in [1.807, 2.05) is 22.9 Å². The van der Waals surface area contributed by atoms with Gasteiger partial charge in [0.15, 0.2) is 11.6 Å². The zero-order valence-electron chi connectivity index (χ0n) is 53.0. The predicted molar refractivity (Wildman–Crippen MR) is 353 cm³/mol. The van der Waals surface area contributed by atoms with Gasteiger partial charge in [0.25, 0.3) is 0 Å². The third-order valence-electron chi connectivity index (χ3n) is 20.8. The molecule has 2 unspecified atom stereocenters. The van der Waals surface area contributed by atoms with Gasteiger partial charge in [0, 0.05) is 124 Å². The molecule has 494 valence electrons. The first kappa shape index (κ1) is 63.0. The topological polar surface area (TPSA) is 175 Å². The molecule has 96 heavy (non-hydrogen) atoms. The van der Waals surface area contributed by atoms with Crippen LogP contribution in [-0.4, -0.2) is 174 Å². The number of benzene rings is 4. The van der Waals surface area contributed by atoms with Crippen LogP contribution in [0.25, 0.3) is 71.9 Å². The fourth-order valence-electron chi connectivity index (χ4n) is 16.0. The van der Waals surface area contributed by atoms with Crippen molar-refractivity contribution in [2.24, 2.45) is 0 Å². The van der Waals surface area contributed by atoms with E-state index in [0.717, 1.165) is 37.9 Å². The molecule has 0 aliphatic carbocycles. The SMILES string of the molecule is C=CC(=O)N1CC[C@@H](N(C)c2nc(OCC34CCCN3C(c3cc(F)c(Cl)c5c(-c6ncc7c(N(C)[C@@H]8CCN(C(=O)/C=C/c9ccnc(C)n9)C8)nc(OC[C@@]89CCCN8C[C@H](F)C9)nc7c6F)cccc35)CC4)nc3c(F)c(-c4cccc5c(F)cc(F)cc45)ncc23)C1. The molecule has 6 atom stereocenters. The van der Waals surface area contributed by atoms with Gasteiger partial charge in [-0.1, -0.05) is 54.6 Å². The highest BCUT2D eigenvalue weighted by Gasteiger charge is 2.52. The van der Waals surface area contributed by atoms with Crippen LogP contribution >= 0.6 is 11.6 Å². The van der Waals surface area contributed by atoms with E-state index in [9.17, 15) is 14.0 Å². The molecule has 2 amide bonds. The van der Waals surface area contributed by atoms with Crippen LogP contribution in [0.1, 0.15) is 80.9 Å². The number of carbonyl (C=O) groups is 2. The Kier molecular flexibility index (Phi) is 16.3. The minimum absolute atomic E-state index is 0.0512. The zero-order chi connectivity index (χ0) is 66.5. The van der Waals surface area contributed by atoms with Gasteiger partial charge in [-0.2, -0.15) is 19.9 Å². The second-order valence-corrected chi connectivity index (χ2v) is 26.7. The minimum Gasteiger partial charge on any atom is -0.461 e. The van der Waals surface area contributed by atoms with Gasteiger partial charge < -0.3 is 29.1 Å². The Labute approximate surface area is 553 Å². The minimum atomic E-state index is -1.02. The number of nitrogens with zero attached hydrogens (tertiary/aromatic N) is 14. The summed E-state index contributed by atoms with van der Waals surface area (Å²) in [6.45, 7) is 8.76. The van der Waals surface area contributed by atoms with E-state index in [-0.39, 0.29) is 127 Å². The maximum absolute atomic E-state index is 18.1. The molecule has 6 saturated heterocycles. The number of hydrogen-bond donors (Lipinski definition) is 0. The molecule has 6 aliphatic heterocycles. The molecule has 18 nitrogen and oxygen atoms in total. The van der Waals surface area contributed by atoms with Crippen LogP contribution in [0.2, 0.25) is 5.02 Å². The fraction of sp³-hybridized carbons (Fsp3) is 0.380. The smallest absolute Gasteiger partial charge is 0.319 e. The van der Waals surface area contributed by atoms with Crippen molar-refractivity contribution in [2.75, 3.05) is 82.9 Å². The lowest BCUT2D eigenvalue weighted by Gasteiger charge is -2.35. The number of anilines is 2. The molecule has 0 spiro atoms. The van der Waals surface area contributed by atoms with Crippen molar-refractivity contribution < 1.29 is 45.4 Å². The van der Waals surface area contributed by atoms with Crippen LogP contribution in [-0.2, 0) is 9.59 Å². The van der Waals surface area contributed by atoms with Gasteiger partial charge in [-0.3, -0.25) is 29.4 Å². The van der Waals surface area contributed by atoms with Crippen molar-refractivity contribution in [3.8, 4) is 34.5 Å². The van der Waals surface area contributed by atoms with Crippen molar-refractivity contribution in [3.05, 3.63) is 149 Å². The van der Waals surface area contributed by atoms with Crippen molar-refractivity contribution >= 4 is 84.5 Å². The fourth-order valence-corrected chi connectivity index (χ4v) is 16.3. The van der Waals surface area contributed by atoms with Gasteiger partial charge in [-0.25, -0.2) is 36.3 Å². The summed E-state index contributed by atoms with van der Waals surface area (Å²) in [6, 6.07) is 13.7. The summed E-state index contributed by atoms with van der Waals surface area (Å²) in [5.41, 5.74) is -0.209. The van der Waals surface area contributed by atoms with Crippen molar-refractivity contribution in [3.63, 3.8) is 0 Å². The third kappa shape index (κ3) is 11.0. The van der Waals surface area contributed by atoms with Gasteiger partial charge in [0.1, 0.15) is 76.7 Å². The van der Waals surface area contributed by atoms with E-state index in [2.05, 4.69) is 31.3 Å². The monoisotopic (exact) mass is 1330 g/mol. The van der Waals surface area contributed by atoms with Crippen molar-refractivity contribution in [1.82, 2.24) is 59.5 Å². The van der Waals surface area contributed by atoms with E-state index in [0.29, 0.717) is 105 Å². The van der Waals surface area contributed by atoms with E-state index < -0.39 is 46.3 Å². The zero-order valence-corrected chi connectivity index (χ0v) is 53.8. The highest BCUT2D eigenvalue weighted by Crippen LogP contribution is 2.52.